The molecule has 2 aromatic rings. The van der Waals surface area contributed by atoms with E-state index in [1.807, 2.05) is 0 Å². The molecule has 1 aromatic heterocycles. The third-order valence-corrected chi connectivity index (χ3v) is 2.08. The van der Waals surface area contributed by atoms with Crippen LogP contribution in [-0.4, -0.2) is 14.9 Å². The van der Waals surface area contributed by atoms with E-state index >= 15 is 0 Å². The molecular formula is C10H6F2N4O3. The number of halogens is 2. The van der Waals surface area contributed by atoms with Gasteiger partial charge in [-0.15, -0.1) is 0 Å². The number of hydrogen-bond donors (Lipinski definition) is 1. The lowest BCUT2D eigenvalue weighted by molar-refractivity contribution is -0.387. The van der Waals surface area contributed by atoms with Crippen LogP contribution in [0.4, 0.5) is 20.3 Å². The van der Waals surface area contributed by atoms with Gasteiger partial charge in [-0.2, -0.15) is 4.39 Å². The highest BCUT2D eigenvalue weighted by Crippen LogP contribution is 2.29. The molecule has 7 nitrogen and oxygen atoms in total. The smallest absolute Gasteiger partial charge is 0.307 e. The van der Waals surface area contributed by atoms with Crippen LogP contribution in [0, 0.1) is 21.7 Å². The minimum absolute atomic E-state index is 0.0767. The number of anilines is 1. The number of nitrogen functional groups attached to an aromatic ring is 1. The maximum Gasteiger partial charge on any atom is 0.307 e. The molecule has 19 heavy (non-hydrogen) atoms. The first-order chi connectivity index (χ1) is 8.97. The van der Waals surface area contributed by atoms with Crippen molar-refractivity contribution >= 4 is 11.5 Å². The first kappa shape index (κ1) is 12.6. The van der Waals surface area contributed by atoms with E-state index < -0.39 is 28.0 Å². The van der Waals surface area contributed by atoms with Crippen LogP contribution in [0.3, 0.4) is 0 Å². The topological polar surface area (TPSA) is 104 Å². The Kier molecular flexibility index (Phi) is 3.19. The molecule has 0 fully saturated rings. The van der Waals surface area contributed by atoms with Gasteiger partial charge < -0.3 is 10.5 Å². The highest BCUT2D eigenvalue weighted by atomic mass is 19.1. The zero-order chi connectivity index (χ0) is 14.0. The number of nitrogens with zero attached hydrogens (tertiary/aromatic N) is 3. The monoisotopic (exact) mass is 268 g/mol. The molecule has 0 saturated carbocycles. The molecule has 0 spiro atoms. The van der Waals surface area contributed by atoms with Crippen molar-refractivity contribution in [3.63, 3.8) is 0 Å². The summed E-state index contributed by atoms with van der Waals surface area (Å²) in [7, 11) is 0. The van der Waals surface area contributed by atoms with E-state index in [9.17, 15) is 18.9 Å². The van der Waals surface area contributed by atoms with Gasteiger partial charge in [0.05, 0.1) is 11.0 Å². The van der Waals surface area contributed by atoms with Crippen molar-refractivity contribution in [3.05, 3.63) is 46.3 Å². The van der Waals surface area contributed by atoms with Gasteiger partial charge in [0.15, 0.2) is 11.6 Å². The Hall–Kier alpha value is -2.84. The number of benzene rings is 1. The van der Waals surface area contributed by atoms with E-state index in [0.29, 0.717) is 12.1 Å². The third-order valence-electron chi connectivity index (χ3n) is 2.08. The summed E-state index contributed by atoms with van der Waals surface area (Å²) in [6, 6.07) is 2.18. The lowest BCUT2D eigenvalue weighted by atomic mass is 10.3. The largest absolute Gasteiger partial charge is 0.436 e. The molecule has 9 heteroatoms. The van der Waals surface area contributed by atoms with E-state index in [4.69, 9.17) is 10.5 Å². The Balaban J connectivity index is 2.36. The van der Waals surface area contributed by atoms with Crippen LogP contribution in [0.2, 0.25) is 0 Å². The predicted molar refractivity (Wildman–Crippen MR) is 59.5 cm³/mol. The SMILES string of the molecule is Nc1cc(Oc2cc(F)c([N+](=O)[O-])cc2F)ncn1. The Labute approximate surface area is 104 Å². The molecule has 0 aliphatic heterocycles. The van der Waals surface area contributed by atoms with E-state index in [2.05, 4.69) is 9.97 Å². The first-order valence-electron chi connectivity index (χ1n) is 4.86. The fraction of sp³-hybridized carbons (Fsp3) is 0. The highest BCUT2D eigenvalue weighted by Gasteiger charge is 2.20. The molecule has 0 bridgehead atoms. The van der Waals surface area contributed by atoms with E-state index in [1.165, 1.54) is 6.07 Å². The van der Waals surface area contributed by atoms with Crippen LogP contribution >= 0.6 is 0 Å². The van der Waals surface area contributed by atoms with Gasteiger partial charge in [-0.1, -0.05) is 0 Å². The maximum absolute atomic E-state index is 13.5. The van der Waals surface area contributed by atoms with Crippen molar-refractivity contribution in [1.29, 1.82) is 0 Å². The van der Waals surface area contributed by atoms with Crippen molar-refractivity contribution in [3.8, 4) is 11.6 Å². The minimum atomic E-state index is -1.22. The van der Waals surface area contributed by atoms with Crippen LogP contribution < -0.4 is 10.5 Å². The number of nitro benzene ring substituents is 1. The van der Waals surface area contributed by atoms with E-state index in [1.54, 1.807) is 0 Å². The van der Waals surface area contributed by atoms with Gasteiger partial charge in [-0.25, -0.2) is 14.4 Å². The first-order valence-corrected chi connectivity index (χ1v) is 4.86. The summed E-state index contributed by atoms with van der Waals surface area (Å²) in [5.41, 5.74) is 4.38. The molecular weight excluding hydrogens is 262 g/mol. The molecule has 0 aliphatic carbocycles. The Morgan fingerprint density at radius 2 is 1.95 bits per heavy atom. The second-order valence-electron chi connectivity index (χ2n) is 3.37. The van der Waals surface area contributed by atoms with Crippen LogP contribution in [-0.2, 0) is 0 Å². The summed E-state index contributed by atoms with van der Waals surface area (Å²) < 4.78 is 31.8. The summed E-state index contributed by atoms with van der Waals surface area (Å²) in [5.74, 6) is -2.89. The quantitative estimate of drug-likeness (QED) is 0.674. The maximum atomic E-state index is 13.5. The van der Waals surface area contributed by atoms with Gasteiger partial charge in [0, 0.05) is 12.1 Å². The van der Waals surface area contributed by atoms with Gasteiger partial charge in [-0.3, -0.25) is 10.1 Å². The van der Waals surface area contributed by atoms with E-state index in [0.717, 1.165) is 6.33 Å². The van der Waals surface area contributed by atoms with Crippen LogP contribution in [0.1, 0.15) is 0 Å². The molecule has 0 aliphatic rings. The summed E-state index contributed by atoms with van der Waals surface area (Å²) >= 11 is 0. The minimum Gasteiger partial charge on any atom is -0.436 e. The van der Waals surface area contributed by atoms with Gasteiger partial charge in [0.2, 0.25) is 11.7 Å². The van der Waals surface area contributed by atoms with Crippen molar-refractivity contribution in [2.24, 2.45) is 0 Å². The average Bonchev–Trinajstić information content (AvgIpc) is 2.33. The summed E-state index contributed by atoms with van der Waals surface area (Å²) in [6.07, 6.45) is 1.07. The van der Waals surface area contributed by atoms with Crippen molar-refractivity contribution < 1.29 is 18.4 Å². The lowest BCUT2D eigenvalue weighted by Crippen LogP contribution is -1.98. The normalized spacial score (nSPS) is 10.2. The predicted octanol–water partition coefficient (Wildman–Crippen LogP) is 2.04. The fourth-order valence-corrected chi connectivity index (χ4v) is 1.26. The van der Waals surface area contributed by atoms with Gasteiger partial charge >= 0.3 is 5.69 Å². The molecule has 1 aromatic carbocycles. The summed E-state index contributed by atoms with van der Waals surface area (Å²) in [4.78, 5) is 16.6. The molecule has 0 atom stereocenters. The third kappa shape index (κ3) is 2.70. The molecule has 2 rings (SSSR count). The van der Waals surface area contributed by atoms with Crippen molar-refractivity contribution in [1.82, 2.24) is 9.97 Å². The second kappa shape index (κ2) is 4.80. The average molecular weight is 268 g/mol. The zero-order valence-electron chi connectivity index (χ0n) is 9.21. The number of rotatable bonds is 3. The zero-order valence-corrected chi connectivity index (χ0v) is 9.21. The van der Waals surface area contributed by atoms with Crippen LogP contribution in [0.15, 0.2) is 24.5 Å². The number of nitrogens with two attached hydrogens (primary N) is 1. The van der Waals surface area contributed by atoms with Crippen LogP contribution in [0.25, 0.3) is 0 Å². The Morgan fingerprint density at radius 1 is 1.21 bits per heavy atom. The second-order valence-corrected chi connectivity index (χ2v) is 3.37. The van der Waals surface area contributed by atoms with Crippen molar-refractivity contribution in [2.75, 3.05) is 5.73 Å². The fourth-order valence-electron chi connectivity index (χ4n) is 1.26. The van der Waals surface area contributed by atoms with E-state index in [-0.39, 0.29) is 11.7 Å². The van der Waals surface area contributed by atoms with Gasteiger partial charge in [0.25, 0.3) is 0 Å². The number of aromatic nitrogens is 2. The van der Waals surface area contributed by atoms with Gasteiger partial charge in [-0.05, 0) is 0 Å². The molecule has 98 valence electrons. The number of nitro groups is 1. The summed E-state index contributed by atoms with van der Waals surface area (Å²) in [5, 5.41) is 10.4. The number of ether oxygens (including phenoxy) is 1. The molecule has 0 unspecified atom stereocenters. The number of hydrogen-bond acceptors (Lipinski definition) is 6. The lowest BCUT2D eigenvalue weighted by Gasteiger charge is -2.06. The highest BCUT2D eigenvalue weighted by molar-refractivity contribution is 5.41. The molecule has 1 heterocycles. The Bertz CT molecular complexity index is 651. The molecule has 0 saturated heterocycles. The van der Waals surface area contributed by atoms with Gasteiger partial charge in [0.1, 0.15) is 12.1 Å². The van der Waals surface area contributed by atoms with Crippen LogP contribution in [0.5, 0.6) is 11.6 Å². The Morgan fingerprint density at radius 3 is 2.58 bits per heavy atom. The standard InChI is InChI=1S/C10H6F2N4O3/c11-5-2-8(6(12)1-7(5)16(17)18)19-10-3-9(13)14-4-15-10/h1-4H,(H2,13,14,15). The molecule has 2 N–H and O–H groups in total. The molecule has 0 radical (unpaired) electrons. The molecule has 0 amide bonds. The van der Waals surface area contributed by atoms with Crippen molar-refractivity contribution in [2.45, 2.75) is 0 Å². The summed E-state index contributed by atoms with van der Waals surface area (Å²) in [6.45, 7) is 0.